The van der Waals surface area contributed by atoms with Crippen LogP contribution in [0.5, 0.6) is 0 Å². The number of hydrogen-bond acceptors (Lipinski definition) is 4. The molecule has 0 atom stereocenters. The summed E-state index contributed by atoms with van der Waals surface area (Å²) in [5.41, 5.74) is 6.89. The van der Waals surface area contributed by atoms with Crippen molar-refractivity contribution < 1.29 is 4.79 Å². The van der Waals surface area contributed by atoms with E-state index >= 15 is 0 Å². The standard InChI is InChI=1S/C5H8N4OS/c6-7-5(10)9-8-4-2-1-3-11-4/h1-3,8H,6H2,(H2,7,9,10). The summed E-state index contributed by atoms with van der Waals surface area (Å²) < 4.78 is 0. The van der Waals surface area contributed by atoms with E-state index < -0.39 is 6.03 Å². The molecule has 0 saturated carbocycles. The summed E-state index contributed by atoms with van der Waals surface area (Å²) in [7, 11) is 0. The molecular formula is C5H8N4OS. The normalized spacial score (nSPS) is 8.82. The van der Waals surface area contributed by atoms with Crippen molar-refractivity contribution in [2.75, 3.05) is 5.43 Å². The molecule has 0 unspecified atom stereocenters. The SMILES string of the molecule is NNC(=O)NNc1cccs1. The number of carbonyl (C=O) groups excluding carboxylic acids is 1. The number of urea groups is 1. The highest BCUT2D eigenvalue weighted by atomic mass is 32.1. The maximum Gasteiger partial charge on any atom is 0.347 e. The number of thiophene rings is 1. The van der Waals surface area contributed by atoms with Crippen molar-refractivity contribution in [3.8, 4) is 0 Å². The number of hydrazine groups is 2. The van der Waals surface area contributed by atoms with Crippen molar-refractivity contribution in [2.24, 2.45) is 5.84 Å². The van der Waals surface area contributed by atoms with E-state index in [4.69, 9.17) is 5.84 Å². The van der Waals surface area contributed by atoms with Gasteiger partial charge in [-0.15, -0.1) is 11.3 Å². The molecule has 60 valence electrons. The van der Waals surface area contributed by atoms with Crippen LogP contribution < -0.4 is 22.1 Å². The van der Waals surface area contributed by atoms with Crippen LogP contribution in [0.1, 0.15) is 0 Å². The zero-order valence-electron chi connectivity index (χ0n) is 5.63. The van der Waals surface area contributed by atoms with Crippen LogP contribution in [0.4, 0.5) is 9.80 Å². The second-order valence-electron chi connectivity index (χ2n) is 1.70. The predicted octanol–water partition coefficient (Wildman–Crippen LogP) is 0.248. The quantitative estimate of drug-likeness (QED) is 0.293. The van der Waals surface area contributed by atoms with Crippen LogP contribution in [0, 0.1) is 0 Å². The van der Waals surface area contributed by atoms with Gasteiger partial charge in [0.25, 0.3) is 0 Å². The average Bonchev–Trinajstić information content (AvgIpc) is 2.52. The van der Waals surface area contributed by atoms with Gasteiger partial charge in [0.2, 0.25) is 0 Å². The van der Waals surface area contributed by atoms with Crippen molar-refractivity contribution in [3.05, 3.63) is 17.5 Å². The Morgan fingerprint density at radius 3 is 3.00 bits per heavy atom. The van der Waals surface area contributed by atoms with Crippen molar-refractivity contribution in [2.45, 2.75) is 0 Å². The van der Waals surface area contributed by atoms with Gasteiger partial charge in [-0.2, -0.15) is 0 Å². The molecule has 0 fully saturated rings. The number of hydrogen-bond donors (Lipinski definition) is 4. The van der Waals surface area contributed by atoms with Gasteiger partial charge in [-0.3, -0.25) is 10.9 Å². The highest BCUT2D eigenvalue weighted by Crippen LogP contribution is 2.12. The van der Waals surface area contributed by atoms with Crippen molar-refractivity contribution in [1.82, 2.24) is 10.9 Å². The van der Waals surface area contributed by atoms with Gasteiger partial charge < -0.3 is 0 Å². The Morgan fingerprint density at radius 1 is 1.64 bits per heavy atom. The monoisotopic (exact) mass is 172 g/mol. The highest BCUT2D eigenvalue weighted by molar-refractivity contribution is 7.14. The molecule has 0 saturated heterocycles. The lowest BCUT2D eigenvalue weighted by Crippen LogP contribution is -2.42. The number of anilines is 1. The number of nitrogens with one attached hydrogen (secondary N) is 3. The minimum Gasteiger partial charge on any atom is -0.287 e. The van der Waals surface area contributed by atoms with Crippen LogP contribution in [0.3, 0.4) is 0 Å². The van der Waals surface area contributed by atoms with Gasteiger partial charge in [0, 0.05) is 0 Å². The molecule has 1 aromatic rings. The Morgan fingerprint density at radius 2 is 2.45 bits per heavy atom. The number of rotatable bonds is 2. The molecule has 0 spiro atoms. The zero-order chi connectivity index (χ0) is 8.10. The van der Waals surface area contributed by atoms with E-state index in [-0.39, 0.29) is 0 Å². The van der Waals surface area contributed by atoms with Gasteiger partial charge in [0.15, 0.2) is 0 Å². The lowest BCUT2D eigenvalue weighted by atomic mass is 10.6. The number of carbonyl (C=O) groups is 1. The summed E-state index contributed by atoms with van der Waals surface area (Å²) in [4.78, 5) is 10.5. The third-order valence-corrected chi connectivity index (χ3v) is 1.74. The first-order valence-corrected chi connectivity index (χ1v) is 3.77. The fourth-order valence-corrected chi connectivity index (χ4v) is 1.07. The predicted molar refractivity (Wildman–Crippen MR) is 43.8 cm³/mol. The summed E-state index contributed by atoms with van der Waals surface area (Å²) in [6.07, 6.45) is 0. The van der Waals surface area contributed by atoms with Crippen LogP contribution in [-0.4, -0.2) is 6.03 Å². The molecule has 11 heavy (non-hydrogen) atoms. The van der Waals surface area contributed by atoms with E-state index in [0.29, 0.717) is 0 Å². The molecule has 1 aromatic heterocycles. The van der Waals surface area contributed by atoms with E-state index in [1.807, 2.05) is 22.9 Å². The molecule has 1 rings (SSSR count). The molecule has 0 aliphatic rings. The first kappa shape index (κ1) is 7.83. The summed E-state index contributed by atoms with van der Waals surface area (Å²) in [5.74, 6) is 4.81. The molecule has 0 bridgehead atoms. The van der Waals surface area contributed by atoms with Gasteiger partial charge in [-0.1, -0.05) is 0 Å². The van der Waals surface area contributed by atoms with Crippen LogP contribution in [0.25, 0.3) is 0 Å². The van der Waals surface area contributed by atoms with Crippen molar-refractivity contribution >= 4 is 22.4 Å². The third-order valence-electron chi connectivity index (χ3n) is 0.952. The fourth-order valence-electron chi connectivity index (χ4n) is 0.504. The van der Waals surface area contributed by atoms with E-state index in [1.165, 1.54) is 11.3 Å². The third kappa shape index (κ3) is 2.44. The zero-order valence-corrected chi connectivity index (χ0v) is 6.44. The Labute approximate surface area is 67.5 Å². The molecule has 0 radical (unpaired) electrons. The maximum atomic E-state index is 10.5. The van der Waals surface area contributed by atoms with Gasteiger partial charge in [-0.05, 0) is 17.5 Å². The van der Waals surface area contributed by atoms with Crippen LogP contribution in [0.2, 0.25) is 0 Å². The minimum absolute atomic E-state index is 0.474. The lowest BCUT2D eigenvalue weighted by molar-refractivity contribution is 0.243. The van der Waals surface area contributed by atoms with Gasteiger partial charge >= 0.3 is 6.03 Å². The Hall–Kier alpha value is -1.27. The summed E-state index contributed by atoms with van der Waals surface area (Å²) in [6.45, 7) is 0. The number of amides is 2. The first-order valence-electron chi connectivity index (χ1n) is 2.89. The van der Waals surface area contributed by atoms with E-state index in [0.717, 1.165) is 5.00 Å². The van der Waals surface area contributed by atoms with E-state index in [2.05, 4.69) is 10.9 Å². The Kier molecular flexibility index (Phi) is 2.70. The Balaban J connectivity index is 2.29. The van der Waals surface area contributed by atoms with Gasteiger partial charge in [0.1, 0.15) is 5.00 Å². The first-order chi connectivity index (χ1) is 5.33. The highest BCUT2D eigenvalue weighted by Gasteiger charge is 1.94. The summed E-state index contributed by atoms with van der Waals surface area (Å²) in [5, 5.41) is 2.75. The van der Waals surface area contributed by atoms with Crippen molar-refractivity contribution in [1.29, 1.82) is 0 Å². The van der Waals surface area contributed by atoms with Gasteiger partial charge in [-0.25, -0.2) is 16.1 Å². The lowest BCUT2D eigenvalue weighted by Gasteiger charge is -2.03. The molecule has 1 heterocycles. The van der Waals surface area contributed by atoms with Gasteiger partial charge in [0.05, 0.1) is 0 Å². The number of nitrogens with two attached hydrogens (primary N) is 1. The van der Waals surface area contributed by atoms with E-state index in [1.54, 1.807) is 0 Å². The molecule has 2 amide bonds. The summed E-state index contributed by atoms with van der Waals surface area (Å²) in [6, 6.07) is 3.23. The molecule has 0 aliphatic carbocycles. The molecule has 6 heteroatoms. The van der Waals surface area contributed by atoms with Crippen LogP contribution >= 0.6 is 11.3 Å². The molecule has 5 nitrogen and oxygen atoms in total. The minimum atomic E-state index is -0.474. The van der Waals surface area contributed by atoms with Crippen LogP contribution in [-0.2, 0) is 0 Å². The Bertz CT molecular complexity index is 222. The van der Waals surface area contributed by atoms with E-state index in [9.17, 15) is 4.79 Å². The second-order valence-corrected chi connectivity index (χ2v) is 2.65. The molecule has 0 aliphatic heterocycles. The maximum absolute atomic E-state index is 10.5. The topological polar surface area (TPSA) is 79.2 Å². The fraction of sp³-hybridized carbons (Fsp3) is 0. The van der Waals surface area contributed by atoms with Crippen molar-refractivity contribution in [3.63, 3.8) is 0 Å². The summed E-state index contributed by atoms with van der Waals surface area (Å²) >= 11 is 1.48. The molecular weight excluding hydrogens is 164 g/mol. The average molecular weight is 172 g/mol. The smallest absolute Gasteiger partial charge is 0.287 e. The molecule has 5 N–H and O–H groups in total. The van der Waals surface area contributed by atoms with Crippen LogP contribution in [0.15, 0.2) is 17.5 Å². The second kappa shape index (κ2) is 3.79. The molecule has 0 aromatic carbocycles. The largest absolute Gasteiger partial charge is 0.347 e.